The number of pyridine rings is 1. The number of amides is 1. The highest BCUT2D eigenvalue weighted by Crippen LogP contribution is 2.29. The number of nitrogens with zero attached hydrogens (tertiary/aromatic N) is 2. The largest absolute Gasteiger partial charge is 0.497 e. The zero-order valence-electron chi connectivity index (χ0n) is 13.8. The summed E-state index contributed by atoms with van der Waals surface area (Å²) >= 11 is 1.34. The number of hydrogen-bond donors (Lipinski definition) is 1. The van der Waals surface area contributed by atoms with E-state index in [0.717, 1.165) is 26.9 Å². The van der Waals surface area contributed by atoms with Crippen LogP contribution in [0.1, 0.15) is 15.2 Å². The molecule has 5 nitrogen and oxygen atoms in total. The van der Waals surface area contributed by atoms with Crippen LogP contribution in [-0.4, -0.2) is 18.0 Å². The van der Waals surface area contributed by atoms with E-state index in [2.05, 4.69) is 16.4 Å². The first-order chi connectivity index (χ1) is 12.7. The quantitative estimate of drug-likeness (QED) is 0.581. The smallest absolute Gasteiger partial charge is 0.265 e. The Bertz CT molecular complexity index is 1190. The maximum Gasteiger partial charge on any atom is 0.265 e. The Morgan fingerprint density at radius 1 is 1.15 bits per heavy atom. The van der Waals surface area contributed by atoms with Crippen molar-refractivity contribution in [3.05, 3.63) is 65.0 Å². The number of nitriles is 1. The van der Waals surface area contributed by atoms with Crippen LogP contribution in [0, 0.1) is 11.3 Å². The summed E-state index contributed by atoms with van der Waals surface area (Å²) in [5, 5.41) is 13.7. The summed E-state index contributed by atoms with van der Waals surface area (Å²) in [4.78, 5) is 18.5. The number of rotatable bonds is 3. The monoisotopic (exact) mass is 359 g/mol. The number of ether oxygens (including phenoxy) is 1. The minimum Gasteiger partial charge on any atom is -0.497 e. The number of anilines is 1. The van der Waals surface area contributed by atoms with Gasteiger partial charge in [-0.25, -0.2) is 4.98 Å². The van der Waals surface area contributed by atoms with Crippen molar-refractivity contribution in [1.29, 1.82) is 5.26 Å². The summed E-state index contributed by atoms with van der Waals surface area (Å²) in [6.07, 6.45) is 0. The number of nitrogens with one attached hydrogen (secondary N) is 1. The summed E-state index contributed by atoms with van der Waals surface area (Å²) < 4.78 is 5.25. The molecule has 2 aromatic heterocycles. The van der Waals surface area contributed by atoms with Crippen LogP contribution in [0.4, 0.5) is 5.69 Å². The van der Waals surface area contributed by atoms with Gasteiger partial charge in [0.05, 0.1) is 29.1 Å². The molecule has 26 heavy (non-hydrogen) atoms. The third kappa shape index (κ3) is 2.96. The fourth-order valence-electron chi connectivity index (χ4n) is 2.71. The first-order valence-corrected chi connectivity index (χ1v) is 8.68. The molecule has 0 unspecified atom stereocenters. The number of carbonyl (C=O) groups is 1. The van der Waals surface area contributed by atoms with Crippen molar-refractivity contribution in [1.82, 2.24) is 4.98 Å². The molecule has 0 saturated carbocycles. The first-order valence-electron chi connectivity index (χ1n) is 7.86. The maximum absolute atomic E-state index is 12.5. The predicted octanol–water partition coefficient (Wildman–Crippen LogP) is 4.58. The number of fused-ring (bicyclic) bond motifs is 2. The van der Waals surface area contributed by atoms with E-state index in [1.54, 1.807) is 31.4 Å². The molecule has 0 aliphatic carbocycles. The van der Waals surface area contributed by atoms with Crippen molar-refractivity contribution in [3.8, 4) is 11.8 Å². The second-order valence-corrected chi connectivity index (χ2v) is 6.73. The third-order valence-electron chi connectivity index (χ3n) is 3.98. The lowest BCUT2D eigenvalue weighted by Crippen LogP contribution is -2.09. The topological polar surface area (TPSA) is 75.0 Å². The van der Waals surface area contributed by atoms with E-state index >= 15 is 0 Å². The molecule has 1 amide bonds. The Hall–Kier alpha value is -3.43. The fourth-order valence-corrected chi connectivity index (χ4v) is 3.63. The SMILES string of the molecule is COc1ccc2nc3sc(C(=O)Nc4cccc(C#N)c4)cc3cc2c1. The van der Waals surface area contributed by atoms with E-state index in [4.69, 9.17) is 10.00 Å². The molecule has 0 aliphatic rings. The maximum atomic E-state index is 12.5. The van der Waals surface area contributed by atoms with Crippen molar-refractivity contribution in [2.45, 2.75) is 0 Å². The normalized spacial score (nSPS) is 10.6. The van der Waals surface area contributed by atoms with Crippen LogP contribution >= 0.6 is 11.3 Å². The Morgan fingerprint density at radius 3 is 2.85 bits per heavy atom. The van der Waals surface area contributed by atoms with Crippen molar-refractivity contribution in [3.63, 3.8) is 0 Å². The van der Waals surface area contributed by atoms with Gasteiger partial charge in [-0.1, -0.05) is 6.07 Å². The van der Waals surface area contributed by atoms with Crippen LogP contribution in [0.2, 0.25) is 0 Å². The van der Waals surface area contributed by atoms with Gasteiger partial charge in [0.25, 0.3) is 5.91 Å². The molecule has 4 rings (SSSR count). The lowest BCUT2D eigenvalue weighted by molar-refractivity contribution is 0.103. The van der Waals surface area contributed by atoms with E-state index in [9.17, 15) is 4.79 Å². The van der Waals surface area contributed by atoms with Gasteiger partial charge in [0.2, 0.25) is 0 Å². The molecule has 0 fully saturated rings. The summed E-state index contributed by atoms with van der Waals surface area (Å²) in [5.41, 5.74) is 1.95. The number of methoxy groups -OCH3 is 1. The summed E-state index contributed by atoms with van der Waals surface area (Å²) in [6.45, 7) is 0. The molecular weight excluding hydrogens is 346 g/mol. The molecule has 2 heterocycles. The van der Waals surface area contributed by atoms with E-state index in [0.29, 0.717) is 16.1 Å². The van der Waals surface area contributed by atoms with Gasteiger partial charge in [-0.05, 0) is 48.5 Å². The molecule has 0 spiro atoms. The van der Waals surface area contributed by atoms with Gasteiger partial charge in [-0.3, -0.25) is 4.79 Å². The lowest BCUT2D eigenvalue weighted by atomic mass is 10.2. The molecule has 0 saturated heterocycles. The van der Waals surface area contributed by atoms with Crippen molar-refractivity contribution < 1.29 is 9.53 Å². The van der Waals surface area contributed by atoms with Gasteiger partial charge in [-0.15, -0.1) is 11.3 Å². The van der Waals surface area contributed by atoms with Crippen LogP contribution < -0.4 is 10.1 Å². The van der Waals surface area contributed by atoms with Crippen LogP contribution in [0.25, 0.3) is 21.1 Å². The minimum atomic E-state index is -0.218. The molecule has 0 bridgehead atoms. The molecule has 126 valence electrons. The highest BCUT2D eigenvalue weighted by atomic mass is 32.1. The number of aromatic nitrogens is 1. The Labute approximate surface area is 153 Å². The zero-order valence-corrected chi connectivity index (χ0v) is 14.6. The van der Waals surface area contributed by atoms with Gasteiger partial charge >= 0.3 is 0 Å². The van der Waals surface area contributed by atoms with Crippen LogP contribution in [0.5, 0.6) is 5.75 Å². The molecule has 2 aromatic carbocycles. The molecule has 0 radical (unpaired) electrons. The predicted molar refractivity (Wildman–Crippen MR) is 103 cm³/mol. The molecular formula is C20H13N3O2S. The summed E-state index contributed by atoms with van der Waals surface area (Å²) in [7, 11) is 1.63. The van der Waals surface area contributed by atoms with Crippen molar-refractivity contribution in [2.24, 2.45) is 0 Å². The molecule has 0 aliphatic heterocycles. The highest BCUT2D eigenvalue weighted by Gasteiger charge is 2.13. The van der Waals surface area contributed by atoms with Gasteiger partial charge < -0.3 is 10.1 Å². The molecule has 0 atom stereocenters. The molecule has 6 heteroatoms. The van der Waals surface area contributed by atoms with Crippen LogP contribution in [0.15, 0.2) is 54.6 Å². The van der Waals surface area contributed by atoms with Gasteiger partial charge in [0, 0.05) is 16.5 Å². The number of benzene rings is 2. The van der Waals surface area contributed by atoms with E-state index in [1.807, 2.05) is 30.3 Å². The number of carbonyl (C=O) groups excluding carboxylic acids is 1. The number of hydrogen-bond acceptors (Lipinski definition) is 5. The van der Waals surface area contributed by atoms with Gasteiger partial charge in [0.15, 0.2) is 0 Å². The molecule has 1 N–H and O–H groups in total. The first kappa shape index (κ1) is 16.1. The van der Waals surface area contributed by atoms with Gasteiger partial charge in [-0.2, -0.15) is 5.26 Å². The Morgan fingerprint density at radius 2 is 2.04 bits per heavy atom. The van der Waals surface area contributed by atoms with Gasteiger partial charge in [0.1, 0.15) is 10.6 Å². The Balaban J connectivity index is 1.68. The number of thiophene rings is 1. The van der Waals surface area contributed by atoms with E-state index in [1.165, 1.54) is 11.3 Å². The van der Waals surface area contributed by atoms with E-state index in [-0.39, 0.29) is 5.91 Å². The summed E-state index contributed by atoms with van der Waals surface area (Å²) in [5.74, 6) is 0.550. The van der Waals surface area contributed by atoms with Crippen LogP contribution in [-0.2, 0) is 0 Å². The fraction of sp³-hybridized carbons (Fsp3) is 0.0500. The zero-order chi connectivity index (χ0) is 18.1. The average molecular weight is 359 g/mol. The van der Waals surface area contributed by atoms with Crippen molar-refractivity contribution in [2.75, 3.05) is 12.4 Å². The highest BCUT2D eigenvalue weighted by molar-refractivity contribution is 7.20. The lowest BCUT2D eigenvalue weighted by Gasteiger charge is -2.03. The van der Waals surface area contributed by atoms with Crippen LogP contribution in [0.3, 0.4) is 0 Å². The minimum absolute atomic E-state index is 0.218. The second kappa shape index (κ2) is 6.47. The second-order valence-electron chi connectivity index (χ2n) is 5.70. The van der Waals surface area contributed by atoms with E-state index < -0.39 is 0 Å². The summed E-state index contributed by atoms with van der Waals surface area (Å²) in [6, 6.07) is 18.4. The Kier molecular flexibility index (Phi) is 3.99. The third-order valence-corrected chi connectivity index (χ3v) is 5.02. The molecule has 4 aromatic rings. The standard InChI is InChI=1S/C20H13N3O2S/c1-25-16-5-6-17-13(9-16)8-14-10-18(26-20(14)23-17)19(24)22-15-4-2-3-12(7-15)11-21/h2-10H,1H3,(H,22,24). The average Bonchev–Trinajstić information content (AvgIpc) is 3.08. The van der Waals surface area contributed by atoms with Crippen molar-refractivity contribution >= 4 is 44.1 Å².